The Morgan fingerprint density at radius 1 is 0.889 bits per heavy atom. The lowest BCUT2D eigenvalue weighted by atomic mass is 9.44. The van der Waals surface area contributed by atoms with Gasteiger partial charge in [-0.3, -0.25) is 0 Å². The van der Waals surface area contributed by atoms with Gasteiger partial charge in [-0.25, -0.2) is 9.59 Å². The number of carbonyl (C=O) groups is 2. The lowest BCUT2D eigenvalue weighted by molar-refractivity contribution is -0.130. The number of aliphatic hydroxyl groups is 1. The summed E-state index contributed by atoms with van der Waals surface area (Å²) in [5.74, 6) is 4.09. The van der Waals surface area contributed by atoms with Crippen LogP contribution >= 0.6 is 0 Å². The van der Waals surface area contributed by atoms with E-state index in [4.69, 9.17) is 9.47 Å². The minimum absolute atomic E-state index is 0.0791. The van der Waals surface area contributed by atoms with Crippen molar-refractivity contribution in [3.8, 4) is 0 Å². The molecule has 204 valence electrons. The van der Waals surface area contributed by atoms with Crippen molar-refractivity contribution in [2.75, 3.05) is 39.9 Å². The fraction of sp³-hybridized carbons (Fsp3) is 0.931. The molecule has 1 N–H and O–H groups in total. The van der Waals surface area contributed by atoms with E-state index in [-0.39, 0.29) is 18.3 Å². The molecular formula is C29H48N2O5. The third-order valence-corrected chi connectivity index (χ3v) is 11.8. The number of hydrogen-bond donors (Lipinski definition) is 1. The highest BCUT2D eigenvalue weighted by molar-refractivity contribution is 5.70. The molecule has 5 rings (SSSR count). The molecule has 1 heterocycles. The maximum atomic E-state index is 12.8. The minimum Gasteiger partial charge on any atom is -0.453 e. The molecule has 36 heavy (non-hydrogen) atoms. The number of piperazine rings is 1. The number of hydrogen-bond acceptors (Lipinski definition) is 5. The monoisotopic (exact) mass is 504 g/mol. The molecule has 9 atom stereocenters. The second-order valence-electron chi connectivity index (χ2n) is 13.3. The average molecular weight is 505 g/mol. The first-order valence-corrected chi connectivity index (χ1v) is 14.6. The van der Waals surface area contributed by atoms with Gasteiger partial charge in [-0.2, -0.15) is 0 Å². The Hall–Kier alpha value is -1.50. The first-order valence-electron chi connectivity index (χ1n) is 14.6. The van der Waals surface area contributed by atoms with Crippen molar-refractivity contribution < 1.29 is 24.2 Å². The average Bonchev–Trinajstić information content (AvgIpc) is 3.24. The highest BCUT2D eigenvalue weighted by Crippen LogP contribution is 2.68. The Labute approximate surface area is 217 Å². The summed E-state index contributed by atoms with van der Waals surface area (Å²) in [5, 5.41) is 10.3. The SMILES string of the molecule is COC(=O)N1CCN(C(=O)OC[C@@H](C)[C@H]2CC[C@H]3[C@@H]4CC[C@H]5C[C@@H](O)CC[C@]5(C)[C@H]4CC[C@]23C)CC1. The van der Waals surface area contributed by atoms with Crippen LogP contribution in [0.3, 0.4) is 0 Å². The van der Waals surface area contributed by atoms with Crippen LogP contribution in [0, 0.1) is 46.3 Å². The van der Waals surface area contributed by atoms with E-state index >= 15 is 0 Å². The quantitative estimate of drug-likeness (QED) is 0.574. The molecule has 5 aliphatic rings. The van der Waals surface area contributed by atoms with Crippen LogP contribution in [-0.4, -0.2) is 73.1 Å². The Balaban J connectivity index is 1.17. The summed E-state index contributed by atoms with van der Waals surface area (Å²) in [6, 6.07) is 0. The summed E-state index contributed by atoms with van der Waals surface area (Å²) in [6.45, 7) is 9.83. The predicted octanol–water partition coefficient (Wildman–Crippen LogP) is 5.16. The van der Waals surface area contributed by atoms with E-state index in [2.05, 4.69) is 20.8 Å². The van der Waals surface area contributed by atoms with Crippen molar-refractivity contribution in [3.05, 3.63) is 0 Å². The molecule has 0 spiro atoms. The lowest BCUT2D eigenvalue weighted by Crippen LogP contribution is -2.54. The minimum atomic E-state index is -0.334. The zero-order chi connectivity index (χ0) is 25.7. The van der Waals surface area contributed by atoms with Gasteiger partial charge in [0.15, 0.2) is 0 Å². The van der Waals surface area contributed by atoms with E-state index in [1.165, 1.54) is 52.1 Å². The van der Waals surface area contributed by atoms with E-state index in [1.54, 1.807) is 9.80 Å². The summed E-state index contributed by atoms with van der Waals surface area (Å²) in [4.78, 5) is 27.8. The zero-order valence-corrected chi connectivity index (χ0v) is 22.9. The van der Waals surface area contributed by atoms with E-state index in [0.29, 0.717) is 61.4 Å². The van der Waals surface area contributed by atoms with Crippen molar-refractivity contribution >= 4 is 12.2 Å². The summed E-state index contributed by atoms with van der Waals surface area (Å²) in [6.07, 6.45) is 10.4. The molecule has 5 fully saturated rings. The van der Waals surface area contributed by atoms with Gasteiger partial charge in [0, 0.05) is 26.2 Å². The van der Waals surface area contributed by atoms with E-state index < -0.39 is 0 Å². The largest absolute Gasteiger partial charge is 0.453 e. The van der Waals surface area contributed by atoms with Crippen LogP contribution < -0.4 is 0 Å². The van der Waals surface area contributed by atoms with Gasteiger partial charge in [0.25, 0.3) is 0 Å². The second-order valence-corrected chi connectivity index (χ2v) is 13.3. The molecule has 7 nitrogen and oxygen atoms in total. The van der Waals surface area contributed by atoms with Crippen molar-refractivity contribution in [2.45, 2.75) is 84.7 Å². The van der Waals surface area contributed by atoms with E-state index in [9.17, 15) is 14.7 Å². The molecule has 1 aliphatic heterocycles. The van der Waals surface area contributed by atoms with Crippen molar-refractivity contribution in [3.63, 3.8) is 0 Å². The van der Waals surface area contributed by atoms with Gasteiger partial charge in [-0.05, 0) is 104 Å². The van der Waals surface area contributed by atoms with Gasteiger partial charge in [0.2, 0.25) is 0 Å². The second kappa shape index (κ2) is 9.99. The van der Waals surface area contributed by atoms with Crippen LogP contribution in [0.15, 0.2) is 0 Å². The molecule has 4 saturated carbocycles. The molecule has 0 bridgehead atoms. The summed E-state index contributed by atoms with van der Waals surface area (Å²) < 4.78 is 10.6. The Morgan fingerprint density at radius 2 is 1.53 bits per heavy atom. The maximum absolute atomic E-state index is 12.8. The van der Waals surface area contributed by atoms with Crippen LogP contribution in [0.5, 0.6) is 0 Å². The third-order valence-electron chi connectivity index (χ3n) is 11.8. The highest BCUT2D eigenvalue weighted by atomic mass is 16.6. The molecule has 7 heteroatoms. The standard InChI is InChI=1S/C29H48N2O5/c1-19(18-36-27(34)31-15-13-30(14-16-31)26(33)35-4)23-7-8-24-22-6-5-20-17-21(32)9-11-28(20,2)25(22)10-12-29(23,24)3/h19-25,32H,5-18H2,1-4H3/t19-,20+,21+,22+,23-,24+,25+,28+,29-/m1/s1. The van der Waals surface area contributed by atoms with Gasteiger partial charge >= 0.3 is 12.2 Å². The van der Waals surface area contributed by atoms with Gasteiger partial charge in [0.1, 0.15) is 0 Å². The molecule has 0 aromatic rings. The molecule has 0 unspecified atom stereocenters. The molecule has 0 aromatic carbocycles. The topological polar surface area (TPSA) is 79.3 Å². The van der Waals surface area contributed by atoms with Gasteiger partial charge in [-0.1, -0.05) is 20.8 Å². The fourth-order valence-corrected chi connectivity index (χ4v) is 9.82. The number of aliphatic hydroxyl groups excluding tert-OH is 1. The highest BCUT2D eigenvalue weighted by Gasteiger charge is 2.60. The Kier molecular flexibility index (Phi) is 7.25. The molecule has 2 amide bonds. The maximum Gasteiger partial charge on any atom is 0.409 e. The number of rotatable bonds is 3. The van der Waals surface area contributed by atoms with Crippen LogP contribution in [0.1, 0.15) is 78.6 Å². The zero-order valence-electron chi connectivity index (χ0n) is 22.9. The van der Waals surface area contributed by atoms with Crippen LogP contribution in [0.25, 0.3) is 0 Å². The van der Waals surface area contributed by atoms with Crippen molar-refractivity contribution in [1.82, 2.24) is 9.80 Å². The van der Waals surface area contributed by atoms with Gasteiger partial charge < -0.3 is 24.4 Å². The normalized spacial score (nSPS) is 43.1. The molecule has 1 saturated heterocycles. The Bertz CT molecular complexity index is 828. The van der Waals surface area contributed by atoms with Crippen LogP contribution in [-0.2, 0) is 9.47 Å². The van der Waals surface area contributed by atoms with Crippen LogP contribution in [0.2, 0.25) is 0 Å². The number of methoxy groups -OCH3 is 1. The summed E-state index contributed by atoms with van der Waals surface area (Å²) in [7, 11) is 1.39. The van der Waals surface area contributed by atoms with E-state index in [1.807, 2.05) is 0 Å². The number of amides is 2. The Morgan fingerprint density at radius 3 is 2.22 bits per heavy atom. The summed E-state index contributed by atoms with van der Waals surface area (Å²) >= 11 is 0. The van der Waals surface area contributed by atoms with Crippen molar-refractivity contribution in [2.24, 2.45) is 46.3 Å². The number of nitrogens with zero attached hydrogens (tertiary/aromatic N) is 2. The molecule has 0 aromatic heterocycles. The number of fused-ring (bicyclic) bond motifs is 5. The van der Waals surface area contributed by atoms with Gasteiger partial charge in [-0.15, -0.1) is 0 Å². The molecule has 4 aliphatic carbocycles. The fourth-order valence-electron chi connectivity index (χ4n) is 9.82. The predicted molar refractivity (Wildman–Crippen MR) is 137 cm³/mol. The van der Waals surface area contributed by atoms with Crippen molar-refractivity contribution in [1.29, 1.82) is 0 Å². The molecular weight excluding hydrogens is 456 g/mol. The summed E-state index contributed by atoms with van der Waals surface area (Å²) in [5.41, 5.74) is 0.761. The van der Waals surface area contributed by atoms with Crippen LogP contribution in [0.4, 0.5) is 9.59 Å². The third kappa shape index (κ3) is 4.41. The first-order chi connectivity index (χ1) is 17.2. The molecule has 0 radical (unpaired) electrons. The number of carbonyl (C=O) groups excluding carboxylic acids is 2. The van der Waals surface area contributed by atoms with Gasteiger partial charge in [0.05, 0.1) is 19.8 Å². The smallest absolute Gasteiger partial charge is 0.409 e. The first kappa shape index (κ1) is 26.1. The van der Waals surface area contributed by atoms with E-state index in [0.717, 1.165) is 30.6 Å². The lowest BCUT2D eigenvalue weighted by Gasteiger charge is -2.61. The number of ether oxygens (including phenoxy) is 2.